The van der Waals surface area contributed by atoms with Gasteiger partial charge in [0.15, 0.2) is 0 Å². The Morgan fingerprint density at radius 2 is 2.22 bits per heavy atom. The maximum atomic E-state index is 5.97. The highest BCUT2D eigenvalue weighted by atomic mass is 16.5. The standard InChI is InChI=1S/C15H24N2O/c1-18-12-13-5-4-9-17(11-13)10-8-14-6-2-3-7-15(14)16/h2-3,6-7,13H,4-5,8-12,16H2,1H3. The summed E-state index contributed by atoms with van der Waals surface area (Å²) in [6.07, 6.45) is 3.64. The molecule has 100 valence electrons. The van der Waals surface area contributed by atoms with E-state index < -0.39 is 0 Å². The molecule has 0 aromatic heterocycles. The molecule has 18 heavy (non-hydrogen) atoms. The molecule has 0 bridgehead atoms. The highest BCUT2D eigenvalue weighted by Gasteiger charge is 2.19. The molecule has 1 aromatic carbocycles. The predicted octanol–water partition coefficient (Wildman–Crippen LogP) is 2.17. The molecule has 0 amide bonds. The lowest BCUT2D eigenvalue weighted by Crippen LogP contribution is -2.38. The van der Waals surface area contributed by atoms with Gasteiger partial charge in [-0.3, -0.25) is 0 Å². The van der Waals surface area contributed by atoms with Gasteiger partial charge >= 0.3 is 0 Å². The molecule has 0 spiro atoms. The molecule has 2 rings (SSSR count). The molecule has 0 aliphatic carbocycles. The third-order valence-electron chi connectivity index (χ3n) is 3.76. The van der Waals surface area contributed by atoms with E-state index in [4.69, 9.17) is 10.5 Å². The van der Waals surface area contributed by atoms with Gasteiger partial charge < -0.3 is 15.4 Å². The number of likely N-dealkylation sites (tertiary alicyclic amines) is 1. The molecule has 1 aliphatic heterocycles. The topological polar surface area (TPSA) is 38.5 Å². The summed E-state index contributed by atoms with van der Waals surface area (Å²) in [5.41, 5.74) is 8.16. The van der Waals surface area contributed by atoms with Gasteiger partial charge in [0.2, 0.25) is 0 Å². The fourth-order valence-corrected chi connectivity index (χ4v) is 2.77. The van der Waals surface area contributed by atoms with Crippen molar-refractivity contribution in [3.63, 3.8) is 0 Å². The Morgan fingerprint density at radius 1 is 1.39 bits per heavy atom. The van der Waals surface area contributed by atoms with E-state index >= 15 is 0 Å². The first-order chi connectivity index (χ1) is 8.79. The van der Waals surface area contributed by atoms with Crippen LogP contribution >= 0.6 is 0 Å². The molecule has 1 aromatic rings. The lowest BCUT2D eigenvalue weighted by molar-refractivity contribution is 0.0912. The molecule has 3 heteroatoms. The van der Waals surface area contributed by atoms with Crippen molar-refractivity contribution in [3.8, 4) is 0 Å². The fourth-order valence-electron chi connectivity index (χ4n) is 2.77. The van der Waals surface area contributed by atoms with Gasteiger partial charge in [-0.05, 0) is 43.4 Å². The van der Waals surface area contributed by atoms with Crippen molar-refractivity contribution in [1.82, 2.24) is 4.90 Å². The van der Waals surface area contributed by atoms with E-state index in [1.165, 1.54) is 31.5 Å². The summed E-state index contributed by atoms with van der Waals surface area (Å²) in [7, 11) is 1.80. The molecule has 0 saturated carbocycles. The van der Waals surface area contributed by atoms with Crippen LogP contribution in [0.15, 0.2) is 24.3 Å². The second kappa shape index (κ2) is 6.76. The molecule has 1 saturated heterocycles. The summed E-state index contributed by atoms with van der Waals surface area (Å²) in [5.74, 6) is 0.705. The number of ether oxygens (including phenoxy) is 1. The summed E-state index contributed by atoms with van der Waals surface area (Å²) >= 11 is 0. The average molecular weight is 248 g/mol. The molecular formula is C15H24N2O. The number of nitrogens with two attached hydrogens (primary N) is 1. The van der Waals surface area contributed by atoms with E-state index in [0.717, 1.165) is 25.3 Å². The van der Waals surface area contributed by atoms with E-state index in [-0.39, 0.29) is 0 Å². The highest BCUT2D eigenvalue weighted by Crippen LogP contribution is 2.18. The van der Waals surface area contributed by atoms with Gasteiger partial charge in [-0.2, -0.15) is 0 Å². The Morgan fingerprint density at radius 3 is 3.00 bits per heavy atom. The zero-order valence-corrected chi connectivity index (χ0v) is 11.3. The minimum Gasteiger partial charge on any atom is -0.399 e. The van der Waals surface area contributed by atoms with Crippen molar-refractivity contribution in [2.24, 2.45) is 5.92 Å². The predicted molar refractivity (Wildman–Crippen MR) is 75.6 cm³/mol. The molecular weight excluding hydrogens is 224 g/mol. The number of piperidine rings is 1. The second-order valence-electron chi connectivity index (χ2n) is 5.21. The number of hydrogen-bond acceptors (Lipinski definition) is 3. The number of benzene rings is 1. The minimum atomic E-state index is 0.705. The van der Waals surface area contributed by atoms with Gasteiger partial charge in [0.05, 0.1) is 6.61 Å². The van der Waals surface area contributed by atoms with Gasteiger partial charge in [-0.15, -0.1) is 0 Å². The monoisotopic (exact) mass is 248 g/mol. The minimum absolute atomic E-state index is 0.705. The number of nitrogen functional groups attached to an aromatic ring is 1. The summed E-state index contributed by atoms with van der Waals surface area (Å²) in [6, 6.07) is 8.18. The second-order valence-corrected chi connectivity index (χ2v) is 5.21. The van der Waals surface area contributed by atoms with Gasteiger partial charge in [-0.25, -0.2) is 0 Å². The van der Waals surface area contributed by atoms with E-state index in [9.17, 15) is 0 Å². The quantitative estimate of drug-likeness (QED) is 0.812. The van der Waals surface area contributed by atoms with Gasteiger partial charge in [-0.1, -0.05) is 18.2 Å². The summed E-state index contributed by atoms with van der Waals surface area (Å²) in [5, 5.41) is 0. The number of anilines is 1. The summed E-state index contributed by atoms with van der Waals surface area (Å²) in [4.78, 5) is 2.54. The molecule has 3 nitrogen and oxygen atoms in total. The highest BCUT2D eigenvalue weighted by molar-refractivity contribution is 5.46. The smallest absolute Gasteiger partial charge is 0.0502 e. The number of para-hydroxylation sites is 1. The van der Waals surface area contributed by atoms with Crippen molar-refractivity contribution < 1.29 is 4.74 Å². The SMILES string of the molecule is COCC1CCCN(CCc2ccccc2N)C1. The molecule has 1 atom stereocenters. The number of hydrogen-bond donors (Lipinski definition) is 1. The number of methoxy groups -OCH3 is 1. The molecule has 1 aliphatic rings. The van der Waals surface area contributed by atoms with Crippen molar-refractivity contribution in [2.45, 2.75) is 19.3 Å². The van der Waals surface area contributed by atoms with Gasteiger partial charge in [0, 0.05) is 25.9 Å². The lowest BCUT2D eigenvalue weighted by atomic mass is 9.98. The summed E-state index contributed by atoms with van der Waals surface area (Å²) in [6.45, 7) is 4.38. The molecule has 1 heterocycles. The van der Waals surface area contributed by atoms with Crippen LogP contribution in [0.3, 0.4) is 0 Å². The Labute approximate surface area is 110 Å². The third-order valence-corrected chi connectivity index (χ3v) is 3.76. The van der Waals surface area contributed by atoms with E-state index in [1.807, 2.05) is 12.1 Å². The Hall–Kier alpha value is -1.06. The maximum Gasteiger partial charge on any atom is 0.0502 e. The first kappa shape index (κ1) is 13.4. The molecule has 2 N–H and O–H groups in total. The normalized spacial score (nSPS) is 21.1. The number of rotatable bonds is 5. The fraction of sp³-hybridized carbons (Fsp3) is 0.600. The molecule has 1 fully saturated rings. The van der Waals surface area contributed by atoms with Crippen LogP contribution in [0.4, 0.5) is 5.69 Å². The van der Waals surface area contributed by atoms with Crippen LogP contribution in [-0.4, -0.2) is 38.3 Å². The average Bonchev–Trinajstić information content (AvgIpc) is 2.39. The van der Waals surface area contributed by atoms with E-state index in [0.29, 0.717) is 5.92 Å². The van der Waals surface area contributed by atoms with Crippen LogP contribution in [0.25, 0.3) is 0 Å². The van der Waals surface area contributed by atoms with Crippen molar-refractivity contribution in [1.29, 1.82) is 0 Å². The van der Waals surface area contributed by atoms with Crippen molar-refractivity contribution >= 4 is 5.69 Å². The van der Waals surface area contributed by atoms with Crippen LogP contribution in [0.2, 0.25) is 0 Å². The maximum absolute atomic E-state index is 5.97. The largest absolute Gasteiger partial charge is 0.399 e. The third kappa shape index (κ3) is 3.72. The van der Waals surface area contributed by atoms with Crippen LogP contribution < -0.4 is 5.73 Å². The van der Waals surface area contributed by atoms with Gasteiger partial charge in [0.25, 0.3) is 0 Å². The van der Waals surface area contributed by atoms with Crippen molar-refractivity contribution in [3.05, 3.63) is 29.8 Å². The van der Waals surface area contributed by atoms with Crippen LogP contribution in [0.1, 0.15) is 18.4 Å². The first-order valence-electron chi connectivity index (χ1n) is 6.84. The van der Waals surface area contributed by atoms with Crippen LogP contribution in [0, 0.1) is 5.92 Å². The summed E-state index contributed by atoms with van der Waals surface area (Å²) < 4.78 is 5.26. The first-order valence-corrected chi connectivity index (χ1v) is 6.84. The van der Waals surface area contributed by atoms with Crippen LogP contribution in [0.5, 0.6) is 0 Å². The Balaban J connectivity index is 1.81. The van der Waals surface area contributed by atoms with Gasteiger partial charge in [0.1, 0.15) is 0 Å². The zero-order valence-electron chi connectivity index (χ0n) is 11.3. The van der Waals surface area contributed by atoms with Crippen LogP contribution in [-0.2, 0) is 11.2 Å². The lowest BCUT2D eigenvalue weighted by Gasteiger charge is -2.32. The van der Waals surface area contributed by atoms with E-state index in [2.05, 4.69) is 17.0 Å². The Kier molecular flexibility index (Phi) is 5.02. The number of nitrogens with zero attached hydrogens (tertiary/aromatic N) is 1. The van der Waals surface area contributed by atoms with Crippen molar-refractivity contribution in [2.75, 3.05) is 39.1 Å². The zero-order chi connectivity index (χ0) is 12.8. The Bertz CT molecular complexity index is 365. The molecule has 0 radical (unpaired) electrons. The van der Waals surface area contributed by atoms with E-state index in [1.54, 1.807) is 7.11 Å². The molecule has 1 unspecified atom stereocenters.